The molecule has 1 unspecified atom stereocenters. The molecule has 0 heterocycles. The molecule has 3 aromatic rings. The smallest absolute Gasteiger partial charge is 0.264 e. The van der Waals surface area contributed by atoms with Gasteiger partial charge in [0.15, 0.2) is 0 Å². The van der Waals surface area contributed by atoms with Gasteiger partial charge in [-0.05, 0) is 55.2 Å². The fraction of sp³-hybridized carbons (Fsp3) is 0.310. The predicted octanol–water partition coefficient (Wildman–Crippen LogP) is 5.18. The predicted molar refractivity (Wildman–Crippen MR) is 152 cm³/mol. The summed E-state index contributed by atoms with van der Waals surface area (Å²) in [5, 5.41) is 3.26. The van der Waals surface area contributed by atoms with Crippen LogP contribution in [0, 0.1) is 6.92 Å². The van der Waals surface area contributed by atoms with Gasteiger partial charge < -0.3 is 10.2 Å². The summed E-state index contributed by atoms with van der Waals surface area (Å²) >= 11 is 6.35. The van der Waals surface area contributed by atoms with Crippen molar-refractivity contribution in [3.63, 3.8) is 0 Å². The molecule has 3 rings (SSSR count). The van der Waals surface area contributed by atoms with Crippen molar-refractivity contribution in [1.29, 1.82) is 0 Å². The summed E-state index contributed by atoms with van der Waals surface area (Å²) in [7, 11) is -4.13. The number of amides is 2. The van der Waals surface area contributed by atoms with Crippen molar-refractivity contribution < 1.29 is 18.0 Å². The number of anilines is 1. The van der Waals surface area contributed by atoms with Crippen molar-refractivity contribution in [2.24, 2.45) is 0 Å². The number of hydrogen-bond donors (Lipinski definition) is 1. The van der Waals surface area contributed by atoms with Gasteiger partial charge in [-0.15, -0.1) is 0 Å². The molecule has 3 aromatic carbocycles. The quantitative estimate of drug-likeness (QED) is 0.334. The standard InChI is InChI=1S/C29H34ClN3O4S/c1-4-18-31-29(35)27(5-2)32(20-23-12-8-6-9-13-23)28(34)21-33(24-17-16-22(3)26(30)19-24)38(36,37)25-14-10-7-11-15-25/h6-17,19,27H,4-5,18,20-21H2,1-3H3,(H,31,35). The maximum atomic E-state index is 13.9. The average molecular weight is 556 g/mol. The molecule has 0 aromatic heterocycles. The molecule has 7 nitrogen and oxygen atoms in total. The minimum absolute atomic E-state index is 0.0480. The van der Waals surface area contributed by atoms with Gasteiger partial charge in [-0.2, -0.15) is 0 Å². The van der Waals surface area contributed by atoms with E-state index in [1.165, 1.54) is 23.1 Å². The molecule has 2 amide bonds. The lowest BCUT2D eigenvalue weighted by Crippen LogP contribution is -2.52. The van der Waals surface area contributed by atoms with Crippen molar-refractivity contribution in [2.45, 2.75) is 51.1 Å². The highest BCUT2D eigenvalue weighted by atomic mass is 35.5. The Bertz CT molecular complexity index is 1330. The highest BCUT2D eigenvalue weighted by molar-refractivity contribution is 7.92. The molecule has 1 atom stereocenters. The lowest BCUT2D eigenvalue weighted by Gasteiger charge is -2.33. The summed E-state index contributed by atoms with van der Waals surface area (Å²) in [5.74, 6) is -0.766. The van der Waals surface area contributed by atoms with Crippen LogP contribution < -0.4 is 9.62 Å². The van der Waals surface area contributed by atoms with Gasteiger partial charge in [0.2, 0.25) is 11.8 Å². The third kappa shape index (κ3) is 7.14. The fourth-order valence-electron chi connectivity index (χ4n) is 4.05. The van der Waals surface area contributed by atoms with E-state index < -0.39 is 28.5 Å². The van der Waals surface area contributed by atoms with Crippen LogP contribution in [-0.4, -0.2) is 44.3 Å². The van der Waals surface area contributed by atoms with Crippen LogP contribution in [0.25, 0.3) is 0 Å². The molecule has 1 N–H and O–H groups in total. The zero-order chi connectivity index (χ0) is 27.7. The van der Waals surface area contributed by atoms with Crippen LogP contribution >= 0.6 is 11.6 Å². The molecule has 0 aliphatic rings. The lowest BCUT2D eigenvalue weighted by molar-refractivity contribution is -0.140. The summed E-state index contributed by atoms with van der Waals surface area (Å²) in [6, 6.07) is 21.4. The van der Waals surface area contributed by atoms with E-state index in [0.717, 1.165) is 21.9 Å². The van der Waals surface area contributed by atoms with E-state index in [0.29, 0.717) is 18.0 Å². The maximum absolute atomic E-state index is 13.9. The molecule has 0 bridgehead atoms. The summed E-state index contributed by atoms with van der Waals surface area (Å²) in [6.45, 7) is 5.74. The first-order valence-corrected chi connectivity index (χ1v) is 14.5. The second kappa shape index (κ2) is 13.4. The molecule has 0 saturated carbocycles. The van der Waals surface area contributed by atoms with Crippen LogP contribution in [0.15, 0.2) is 83.8 Å². The van der Waals surface area contributed by atoms with Gasteiger partial charge in [0, 0.05) is 18.1 Å². The first kappa shape index (κ1) is 29.2. The molecule has 0 spiro atoms. The summed E-state index contributed by atoms with van der Waals surface area (Å²) in [4.78, 5) is 28.5. The Morgan fingerprint density at radius 3 is 2.16 bits per heavy atom. The van der Waals surface area contributed by atoms with Crippen LogP contribution in [0.4, 0.5) is 5.69 Å². The number of carbonyl (C=O) groups excluding carboxylic acids is 2. The van der Waals surface area contributed by atoms with E-state index in [4.69, 9.17) is 11.6 Å². The summed E-state index contributed by atoms with van der Waals surface area (Å²) in [5.41, 5.74) is 1.88. The Hall–Kier alpha value is -3.36. The van der Waals surface area contributed by atoms with Crippen molar-refractivity contribution in [3.05, 3.63) is 95.0 Å². The van der Waals surface area contributed by atoms with Crippen molar-refractivity contribution in [3.8, 4) is 0 Å². The average Bonchev–Trinajstić information content (AvgIpc) is 2.92. The molecule has 0 saturated heterocycles. The Balaban J connectivity index is 2.05. The maximum Gasteiger partial charge on any atom is 0.264 e. The third-order valence-corrected chi connectivity index (χ3v) is 8.38. The lowest BCUT2D eigenvalue weighted by atomic mass is 10.1. The molecule has 0 fully saturated rings. The SMILES string of the molecule is CCCNC(=O)C(CC)N(Cc1ccccc1)C(=O)CN(c1ccc(C)c(Cl)c1)S(=O)(=O)c1ccccc1. The minimum Gasteiger partial charge on any atom is -0.354 e. The molecular formula is C29H34ClN3O4S. The number of sulfonamides is 1. The van der Waals surface area contributed by atoms with E-state index in [1.54, 1.807) is 30.3 Å². The summed E-state index contributed by atoms with van der Waals surface area (Å²) in [6.07, 6.45) is 1.13. The zero-order valence-corrected chi connectivity index (χ0v) is 23.5. The van der Waals surface area contributed by atoms with Crippen LogP contribution in [0.2, 0.25) is 5.02 Å². The number of halogens is 1. The van der Waals surface area contributed by atoms with Crippen LogP contribution in [0.3, 0.4) is 0 Å². The molecule has 9 heteroatoms. The Morgan fingerprint density at radius 1 is 0.947 bits per heavy atom. The van der Waals surface area contributed by atoms with E-state index in [2.05, 4.69) is 5.32 Å². The summed E-state index contributed by atoms with van der Waals surface area (Å²) < 4.78 is 28.6. The highest BCUT2D eigenvalue weighted by Crippen LogP contribution is 2.28. The van der Waals surface area contributed by atoms with Gasteiger partial charge in [0.25, 0.3) is 10.0 Å². The number of nitrogens with one attached hydrogen (secondary N) is 1. The molecule has 202 valence electrons. The molecular weight excluding hydrogens is 522 g/mol. The fourth-order valence-corrected chi connectivity index (χ4v) is 5.65. The molecule has 38 heavy (non-hydrogen) atoms. The van der Waals surface area contributed by atoms with E-state index in [9.17, 15) is 18.0 Å². The number of hydrogen-bond acceptors (Lipinski definition) is 4. The number of nitrogens with zero attached hydrogens (tertiary/aromatic N) is 2. The molecule has 0 aliphatic heterocycles. The Kier molecular flexibility index (Phi) is 10.3. The van der Waals surface area contributed by atoms with Crippen molar-refractivity contribution in [2.75, 3.05) is 17.4 Å². The molecule has 0 aliphatic carbocycles. The van der Waals surface area contributed by atoms with Crippen LogP contribution in [-0.2, 0) is 26.2 Å². The Labute approximate surface area is 230 Å². The number of benzene rings is 3. The zero-order valence-electron chi connectivity index (χ0n) is 21.9. The van der Waals surface area contributed by atoms with Gasteiger partial charge >= 0.3 is 0 Å². The largest absolute Gasteiger partial charge is 0.354 e. The highest BCUT2D eigenvalue weighted by Gasteiger charge is 2.33. The number of carbonyl (C=O) groups is 2. The molecule has 0 radical (unpaired) electrons. The van der Waals surface area contributed by atoms with Crippen molar-refractivity contribution >= 4 is 39.1 Å². The van der Waals surface area contributed by atoms with Gasteiger partial charge in [-0.25, -0.2) is 8.42 Å². The second-order valence-electron chi connectivity index (χ2n) is 8.98. The minimum atomic E-state index is -4.13. The van der Waals surface area contributed by atoms with Crippen LogP contribution in [0.1, 0.15) is 37.8 Å². The van der Waals surface area contributed by atoms with E-state index in [-0.39, 0.29) is 23.0 Å². The van der Waals surface area contributed by atoms with E-state index >= 15 is 0 Å². The Morgan fingerprint density at radius 2 is 1.58 bits per heavy atom. The van der Waals surface area contributed by atoms with Gasteiger partial charge in [0.1, 0.15) is 12.6 Å². The van der Waals surface area contributed by atoms with Crippen LogP contribution in [0.5, 0.6) is 0 Å². The normalized spacial score (nSPS) is 12.0. The number of rotatable bonds is 12. The second-order valence-corrected chi connectivity index (χ2v) is 11.3. The van der Waals surface area contributed by atoms with Crippen molar-refractivity contribution in [1.82, 2.24) is 10.2 Å². The monoisotopic (exact) mass is 555 g/mol. The number of aryl methyl sites for hydroxylation is 1. The first-order chi connectivity index (χ1) is 18.2. The van der Waals surface area contributed by atoms with E-state index in [1.807, 2.05) is 51.1 Å². The van der Waals surface area contributed by atoms with Gasteiger partial charge in [-0.1, -0.05) is 80.0 Å². The first-order valence-electron chi connectivity index (χ1n) is 12.6. The van der Waals surface area contributed by atoms with Gasteiger partial charge in [-0.3, -0.25) is 13.9 Å². The third-order valence-electron chi connectivity index (χ3n) is 6.18. The topological polar surface area (TPSA) is 86.8 Å². The van der Waals surface area contributed by atoms with Gasteiger partial charge in [0.05, 0.1) is 10.6 Å².